The average Bonchev–Trinajstić information content (AvgIpc) is 2.82. The molecule has 0 fully saturated rings. The summed E-state index contributed by atoms with van der Waals surface area (Å²) in [5.74, 6) is -0.107. The molecule has 15 heavy (non-hydrogen) atoms. The number of nitrogens with two attached hydrogens (primary N) is 1. The average molecular weight is 203 g/mol. The quantitative estimate of drug-likeness (QED) is 0.698. The molecule has 0 saturated heterocycles. The number of aromatic nitrogens is 4. The van der Waals surface area contributed by atoms with Crippen molar-refractivity contribution in [1.82, 2.24) is 20.2 Å². The van der Waals surface area contributed by atoms with E-state index in [0.717, 1.165) is 5.69 Å². The van der Waals surface area contributed by atoms with Gasteiger partial charge in [0.05, 0.1) is 12.2 Å². The molecule has 0 saturated carbocycles. The van der Waals surface area contributed by atoms with E-state index >= 15 is 0 Å². The van der Waals surface area contributed by atoms with Crippen molar-refractivity contribution in [3.63, 3.8) is 0 Å². The monoisotopic (exact) mass is 203 g/mol. The largest absolute Gasteiger partial charge is 0.324 e. The molecule has 1 aromatic carbocycles. The molecule has 0 bridgehead atoms. The number of hydrogen-bond donors (Lipinski definition) is 1. The molecule has 0 aliphatic heterocycles. The first-order valence-electron chi connectivity index (χ1n) is 4.38. The first-order valence-corrected chi connectivity index (χ1v) is 4.38. The van der Waals surface area contributed by atoms with Crippen LogP contribution >= 0.6 is 0 Å². The summed E-state index contributed by atoms with van der Waals surface area (Å²) in [6.07, 6.45) is 1.46. The predicted octanol–water partition coefficient (Wildman–Crippen LogP) is -0.196. The van der Waals surface area contributed by atoms with E-state index in [1.165, 1.54) is 11.0 Å². The van der Waals surface area contributed by atoms with Crippen molar-refractivity contribution < 1.29 is 4.79 Å². The third-order valence-electron chi connectivity index (χ3n) is 1.97. The number of carbonyl (C=O) groups is 1. The van der Waals surface area contributed by atoms with Gasteiger partial charge in [0.1, 0.15) is 6.33 Å². The van der Waals surface area contributed by atoms with Gasteiger partial charge in [-0.15, -0.1) is 5.10 Å². The van der Waals surface area contributed by atoms with E-state index in [4.69, 9.17) is 5.73 Å². The molecule has 0 aliphatic carbocycles. The Morgan fingerprint density at radius 3 is 3.00 bits per heavy atom. The maximum atomic E-state index is 11.3. The number of hydrogen-bond acceptors (Lipinski definition) is 5. The third-order valence-corrected chi connectivity index (χ3v) is 1.97. The van der Waals surface area contributed by atoms with E-state index in [9.17, 15) is 4.79 Å². The Morgan fingerprint density at radius 2 is 2.33 bits per heavy atom. The van der Waals surface area contributed by atoms with Crippen molar-refractivity contribution in [2.45, 2.75) is 0 Å². The summed E-state index contributed by atoms with van der Waals surface area (Å²) in [6.45, 7) is -0.000932. The van der Waals surface area contributed by atoms with Crippen LogP contribution in [0.3, 0.4) is 0 Å². The Labute approximate surface area is 85.7 Å². The van der Waals surface area contributed by atoms with Gasteiger partial charge in [0.2, 0.25) is 0 Å². The molecule has 76 valence electrons. The molecule has 1 heterocycles. The van der Waals surface area contributed by atoms with Crippen molar-refractivity contribution in [1.29, 1.82) is 0 Å². The topological polar surface area (TPSA) is 86.7 Å². The summed E-state index contributed by atoms with van der Waals surface area (Å²) in [5, 5.41) is 10.8. The SMILES string of the molecule is NCC(=O)c1cccc(-n2cnnn2)c1. The first kappa shape index (κ1) is 9.47. The van der Waals surface area contributed by atoms with Crippen molar-refractivity contribution in [3.05, 3.63) is 36.2 Å². The number of tetrazole rings is 1. The van der Waals surface area contributed by atoms with Crippen LogP contribution in [0.25, 0.3) is 5.69 Å². The van der Waals surface area contributed by atoms with Gasteiger partial charge in [0.25, 0.3) is 0 Å². The van der Waals surface area contributed by atoms with Crippen LogP contribution in [-0.2, 0) is 0 Å². The number of nitrogens with zero attached hydrogens (tertiary/aromatic N) is 4. The molecule has 2 rings (SSSR count). The van der Waals surface area contributed by atoms with Gasteiger partial charge < -0.3 is 5.73 Å². The second-order valence-electron chi connectivity index (χ2n) is 2.93. The number of Topliss-reactive ketones (excluding diaryl/α,β-unsaturated/α-hetero) is 1. The van der Waals surface area contributed by atoms with Crippen molar-refractivity contribution >= 4 is 5.78 Å². The van der Waals surface area contributed by atoms with Crippen LogP contribution in [0.1, 0.15) is 10.4 Å². The van der Waals surface area contributed by atoms with Gasteiger partial charge >= 0.3 is 0 Å². The highest BCUT2D eigenvalue weighted by atomic mass is 16.1. The zero-order chi connectivity index (χ0) is 10.7. The minimum Gasteiger partial charge on any atom is -0.324 e. The molecule has 2 N–H and O–H groups in total. The smallest absolute Gasteiger partial charge is 0.176 e. The highest BCUT2D eigenvalue weighted by Crippen LogP contribution is 2.08. The summed E-state index contributed by atoms with van der Waals surface area (Å²) in [6, 6.07) is 6.98. The van der Waals surface area contributed by atoms with Gasteiger partial charge in [-0.2, -0.15) is 0 Å². The fourth-order valence-corrected chi connectivity index (χ4v) is 1.22. The maximum Gasteiger partial charge on any atom is 0.176 e. The van der Waals surface area contributed by atoms with Gasteiger partial charge in [-0.25, -0.2) is 4.68 Å². The number of carbonyl (C=O) groups excluding carboxylic acids is 1. The molecule has 0 aliphatic rings. The van der Waals surface area contributed by atoms with Gasteiger partial charge in [0.15, 0.2) is 5.78 Å². The lowest BCUT2D eigenvalue weighted by Gasteiger charge is -2.01. The third kappa shape index (κ3) is 1.89. The van der Waals surface area contributed by atoms with Crippen LogP contribution < -0.4 is 5.73 Å². The Balaban J connectivity index is 2.39. The summed E-state index contributed by atoms with van der Waals surface area (Å²) in [7, 11) is 0. The van der Waals surface area contributed by atoms with E-state index in [-0.39, 0.29) is 12.3 Å². The second kappa shape index (κ2) is 3.97. The van der Waals surface area contributed by atoms with Crippen LogP contribution in [0, 0.1) is 0 Å². The highest BCUT2D eigenvalue weighted by molar-refractivity contribution is 5.97. The number of rotatable bonds is 3. The molecule has 2 aromatic rings. The highest BCUT2D eigenvalue weighted by Gasteiger charge is 2.05. The van der Waals surface area contributed by atoms with Crippen LogP contribution in [0.2, 0.25) is 0 Å². The molecule has 0 spiro atoms. The minimum atomic E-state index is -0.107. The Bertz CT molecular complexity index is 465. The lowest BCUT2D eigenvalue weighted by Crippen LogP contribution is -2.13. The molecule has 0 amide bonds. The molecule has 6 heteroatoms. The number of ketones is 1. The standard InChI is InChI=1S/C9H9N5O/c10-5-9(15)7-2-1-3-8(4-7)14-6-11-12-13-14/h1-4,6H,5,10H2. The van der Waals surface area contributed by atoms with E-state index in [1.807, 2.05) is 6.07 Å². The molecule has 0 unspecified atom stereocenters. The molecule has 6 nitrogen and oxygen atoms in total. The van der Waals surface area contributed by atoms with Gasteiger partial charge in [0, 0.05) is 5.56 Å². The Hall–Kier alpha value is -2.08. The summed E-state index contributed by atoms with van der Waals surface area (Å²) < 4.78 is 1.48. The van der Waals surface area contributed by atoms with Crippen LogP contribution in [0.5, 0.6) is 0 Å². The maximum absolute atomic E-state index is 11.3. The summed E-state index contributed by atoms with van der Waals surface area (Å²) in [4.78, 5) is 11.3. The van der Waals surface area contributed by atoms with Crippen molar-refractivity contribution in [2.24, 2.45) is 5.73 Å². The zero-order valence-corrected chi connectivity index (χ0v) is 7.87. The van der Waals surface area contributed by atoms with Gasteiger partial charge in [-0.1, -0.05) is 12.1 Å². The molecule has 0 atom stereocenters. The summed E-state index contributed by atoms with van der Waals surface area (Å²) >= 11 is 0. The van der Waals surface area contributed by atoms with Crippen LogP contribution in [0.15, 0.2) is 30.6 Å². The fourth-order valence-electron chi connectivity index (χ4n) is 1.22. The molecule has 1 aromatic heterocycles. The molecular formula is C9H9N5O. The lowest BCUT2D eigenvalue weighted by molar-refractivity contribution is 0.100. The second-order valence-corrected chi connectivity index (χ2v) is 2.93. The van der Waals surface area contributed by atoms with Crippen LogP contribution in [-0.4, -0.2) is 32.5 Å². The Morgan fingerprint density at radius 1 is 1.47 bits per heavy atom. The van der Waals surface area contributed by atoms with Crippen molar-refractivity contribution in [3.8, 4) is 5.69 Å². The van der Waals surface area contributed by atoms with E-state index < -0.39 is 0 Å². The van der Waals surface area contributed by atoms with E-state index in [1.54, 1.807) is 18.2 Å². The first-order chi connectivity index (χ1) is 7.31. The molecular weight excluding hydrogens is 194 g/mol. The van der Waals surface area contributed by atoms with E-state index in [2.05, 4.69) is 15.5 Å². The van der Waals surface area contributed by atoms with Gasteiger partial charge in [-0.3, -0.25) is 4.79 Å². The normalized spacial score (nSPS) is 10.2. The zero-order valence-electron chi connectivity index (χ0n) is 7.87. The van der Waals surface area contributed by atoms with Gasteiger partial charge in [-0.05, 0) is 22.6 Å². The fraction of sp³-hybridized carbons (Fsp3) is 0.111. The Kier molecular flexibility index (Phi) is 2.51. The van der Waals surface area contributed by atoms with Crippen LogP contribution in [0.4, 0.5) is 0 Å². The predicted molar refractivity (Wildman–Crippen MR) is 52.5 cm³/mol. The van der Waals surface area contributed by atoms with E-state index in [0.29, 0.717) is 5.56 Å². The lowest BCUT2D eigenvalue weighted by atomic mass is 10.1. The van der Waals surface area contributed by atoms with Crippen molar-refractivity contribution in [2.75, 3.05) is 6.54 Å². The molecule has 0 radical (unpaired) electrons. The number of benzene rings is 1. The minimum absolute atomic E-state index is 0.000932. The summed E-state index contributed by atoms with van der Waals surface area (Å²) in [5.41, 5.74) is 6.57.